The molecule has 5 heteroatoms. The highest BCUT2D eigenvalue weighted by Gasteiger charge is 2.21. The molecule has 0 atom stereocenters. The number of hydrogen-bond donors (Lipinski definition) is 1. The minimum absolute atomic E-state index is 0.0797. The molecule has 2 rings (SSSR count). The molecule has 1 heterocycles. The molecule has 22 heavy (non-hydrogen) atoms. The van der Waals surface area contributed by atoms with Crippen molar-refractivity contribution in [2.45, 2.75) is 26.2 Å². The normalized spacial score (nSPS) is 11.4. The number of aromatic nitrogens is 2. The summed E-state index contributed by atoms with van der Waals surface area (Å²) < 4.78 is 1.63. The number of hydrogen-bond acceptors (Lipinski definition) is 3. The number of nitrogens with zero attached hydrogens (tertiary/aromatic N) is 3. The van der Waals surface area contributed by atoms with Crippen molar-refractivity contribution in [2.75, 3.05) is 24.3 Å². The van der Waals surface area contributed by atoms with E-state index in [1.54, 1.807) is 11.7 Å². The minimum Gasteiger partial charge on any atom is -0.378 e. The third kappa shape index (κ3) is 3.47. The Morgan fingerprint density at radius 2 is 1.77 bits per heavy atom. The summed E-state index contributed by atoms with van der Waals surface area (Å²) in [6, 6.07) is 9.59. The molecule has 5 nitrogen and oxygen atoms in total. The Hall–Kier alpha value is -2.30. The van der Waals surface area contributed by atoms with Crippen molar-refractivity contribution in [3.8, 4) is 0 Å². The van der Waals surface area contributed by atoms with Crippen LogP contribution in [0.2, 0.25) is 0 Å². The van der Waals surface area contributed by atoms with E-state index in [0.717, 1.165) is 17.1 Å². The molecule has 0 aliphatic rings. The number of nitrogens with one attached hydrogen (secondary N) is 1. The molecule has 2 aromatic rings. The molecule has 1 N–H and O–H groups in total. The molecule has 1 aromatic carbocycles. The summed E-state index contributed by atoms with van der Waals surface area (Å²) >= 11 is 0. The van der Waals surface area contributed by atoms with Crippen LogP contribution in [0.1, 0.15) is 37.0 Å². The van der Waals surface area contributed by atoms with Crippen LogP contribution in [0, 0.1) is 0 Å². The van der Waals surface area contributed by atoms with Crippen LogP contribution in [0.4, 0.5) is 11.4 Å². The second-order valence-electron chi connectivity index (χ2n) is 6.68. The lowest BCUT2D eigenvalue weighted by molar-refractivity contribution is 0.101. The summed E-state index contributed by atoms with van der Waals surface area (Å²) in [6.07, 6.45) is 0. The summed E-state index contributed by atoms with van der Waals surface area (Å²) in [7, 11) is 5.76. The zero-order chi connectivity index (χ0) is 16.5. The van der Waals surface area contributed by atoms with Gasteiger partial charge in [0.05, 0.1) is 5.69 Å². The van der Waals surface area contributed by atoms with E-state index in [2.05, 4.69) is 31.2 Å². The zero-order valence-corrected chi connectivity index (χ0v) is 14.1. The van der Waals surface area contributed by atoms with Crippen LogP contribution in [0.3, 0.4) is 0 Å². The van der Waals surface area contributed by atoms with Crippen LogP contribution < -0.4 is 10.2 Å². The highest BCUT2D eigenvalue weighted by molar-refractivity contribution is 6.03. The van der Waals surface area contributed by atoms with Gasteiger partial charge in [0.2, 0.25) is 0 Å². The summed E-state index contributed by atoms with van der Waals surface area (Å²) in [5.74, 6) is -0.150. The van der Waals surface area contributed by atoms with Crippen molar-refractivity contribution >= 4 is 17.3 Å². The second-order valence-corrected chi connectivity index (χ2v) is 6.68. The van der Waals surface area contributed by atoms with Gasteiger partial charge in [0.25, 0.3) is 5.91 Å². The fraction of sp³-hybridized carbons (Fsp3) is 0.412. The summed E-state index contributed by atoms with van der Waals surface area (Å²) in [5, 5.41) is 7.34. The zero-order valence-electron chi connectivity index (χ0n) is 14.1. The first-order valence-corrected chi connectivity index (χ1v) is 7.32. The monoisotopic (exact) mass is 300 g/mol. The van der Waals surface area contributed by atoms with Crippen molar-refractivity contribution in [1.82, 2.24) is 9.78 Å². The maximum Gasteiger partial charge on any atom is 0.273 e. The highest BCUT2D eigenvalue weighted by Crippen LogP contribution is 2.22. The Kier molecular flexibility index (Phi) is 4.26. The quantitative estimate of drug-likeness (QED) is 0.948. The van der Waals surface area contributed by atoms with Gasteiger partial charge in [-0.2, -0.15) is 5.10 Å². The van der Waals surface area contributed by atoms with E-state index in [4.69, 9.17) is 0 Å². The van der Waals surface area contributed by atoms with Gasteiger partial charge in [-0.05, 0) is 30.3 Å². The molecule has 1 amide bonds. The summed E-state index contributed by atoms with van der Waals surface area (Å²) in [5.41, 5.74) is 3.25. The maximum absolute atomic E-state index is 12.4. The van der Waals surface area contributed by atoms with Crippen LogP contribution in [-0.4, -0.2) is 29.8 Å². The van der Waals surface area contributed by atoms with E-state index >= 15 is 0 Å². The topological polar surface area (TPSA) is 50.2 Å². The van der Waals surface area contributed by atoms with Crippen molar-refractivity contribution < 1.29 is 4.79 Å². The smallest absolute Gasteiger partial charge is 0.273 e. The average Bonchev–Trinajstić information content (AvgIpc) is 2.81. The average molecular weight is 300 g/mol. The van der Waals surface area contributed by atoms with E-state index < -0.39 is 0 Å². The van der Waals surface area contributed by atoms with Gasteiger partial charge in [-0.3, -0.25) is 9.48 Å². The number of anilines is 2. The first kappa shape index (κ1) is 16.1. The first-order valence-electron chi connectivity index (χ1n) is 7.32. The predicted octanol–water partition coefficient (Wildman–Crippen LogP) is 3.04. The largest absolute Gasteiger partial charge is 0.378 e. The molecule has 0 radical (unpaired) electrons. The maximum atomic E-state index is 12.4. The number of rotatable bonds is 3. The lowest BCUT2D eigenvalue weighted by atomic mass is 9.92. The Bertz CT molecular complexity index is 663. The number of benzene rings is 1. The van der Waals surface area contributed by atoms with Crippen LogP contribution >= 0.6 is 0 Å². The van der Waals surface area contributed by atoms with Gasteiger partial charge in [-0.25, -0.2) is 0 Å². The lowest BCUT2D eigenvalue weighted by Gasteiger charge is -2.13. The highest BCUT2D eigenvalue weighted by atomic mass is 16.2. The molecule has 1 aromatic heterocycles. The molecule has 0 aliphatic carbocycles. The second kappa shape index (κ2) is 5.83. The molecular weight excluding hydrogens is 276 g/mol. The molecule has 0 spiro atoms. The molecule has 0 aliphatic heterocycles. The summed E-state index contributed by atoms with van der Waals surface area (Å²) in [6.45, 7) is 6.24. The standard InChI is InChI=1S/C17H24N4O/c1-17(2,3)15-11-14(21(6)19-15)16(22)18-12-7-9-13(10-8-12)20(4)5/h7-11H,1-6H3,(H,18,22). The van der Waals surface area contributed by atoms with E-state index in [1.807, 2.05) is 49.3 Å². The van der Waals surface area contributed by atoms with Crippen molar-refractivity contribution in [2.24, 2.45) is 7.05 Å². The Balaban J connectivity index is 2.17. The van der Waals surface area contributed by atoms with Crippen molar-refractivity contribution in [1.29, 1.82) is 0 Å². The Morgan fingerprint density at radius 3 is 2.23 bits per heavy atom. The number of carbonyl (C=O) groups excluding carboxylic acids is 1. The minimum atomic E-state index is -0.150. The third-order valence-corrected chi connectivity index (χ3v) is 3.52. The van der Waals surface area contributed by atoms with Gasteiger partial charge in [0, 0.05) is 37.9 Å². The Labute approximate surface area is 131 Å². The van der Waals surface area contributed by atoms with Gasteiger partial charge in [-0.15, -0.1) is 0 Å². The van der Waals surface area contributed by atoms with E-state index in [1.165, 1.54) is 0 Å². The van der Waals surface area contributed by atoms with Gasteiger partial charge < -0.3 is 10.2 Å². The summed E-state index contributed by atoms with van der Waals surface area (Å²) in [4.78, 5) is 14.4. The molecule has 0 saturated carbocycles. The van der Waals surface area contributed by atoms with E-state index in [0.29, 0.717) is 5.69 Å². The van der Waals surface area contributed by atoms with Crippen molar-refractivity contribution in [3.63, 3.8) is 0 Å². The first-order chi connectivity index (χ1) is 10.2. The van der Waals surface area contributed by atoms with Crippen LogP contribution in [0.5, 0.6) is 0 Å². The number of carbonyl (C=O) groups is 1. The number of amides is 1. The van der Waals surface area contributed by atoms with Gasteiger partial charge in [0.1, 0.15) is 5.69 Å². The van der Waals surface area contributed by atoms with E-state index in [-0.39, 0.29) is 11.3 Å². The van der Waals surface area contributed by atoms with Gasteiger partial charge in [-0.1, -0.05) is 20.8 Å². The molecule has 118 valence electrons. The van der Waals surface area contributed by atoms with E-state index in [9.17, 15) is 4.79 Å². The van der Waals surface area contributed by atoms with Crippen LogP contribution in [0.15, 0.2) is 30.3 Å². The molecule has 0 saturated heterocycles. The molecule has 0 unspecified atom stereocenters. The lowest BCUT2D eigenvalue weighted by Crippen LogP contribution is -2.16. The fourth-order valence-electron chi connectivity index (χ4n) is 2.08. The van der Waals surface area contributed by atoms with Gasteiger partial charge in [0.15, 0.2) is 0 Å². The third-order valence-electron chi connectivity index (χ3n) is 3.52. The Morgan fingerprint density at radius 1 is 1.18 bits per heavy atom. The van der Waals surface area contributed by atoms with Crippen LogP contribution in [0.25, 0.3) is 0 Å². The SMILES string of the molecule is CN(C)c1ccc(NC(=O)c2cc(C(C)(C)C)nn2C)cc1. The number of aryl methyl sites for hydroxylation is 1. The molecule has 0 bridgehead atoms. The van der Waals surface area contributed by atoms with Gasteiger partial charge >= 0.3 is 0 Å². The molecule has 0 fully saturated rings. The van der Waals surface area contributed by atoms with Crippen LogP contribution in [-0.2, 0) is 12.5 Å². The fourth-order valence-corrected chi connectivity index (χ4v) is 2.08. The predicted molar refractivity (Wildman–Crippen MR) is 90.6 cm³/mol. The molecular formula is C17H24N4O. The van der Waals surface area contributed by atoms with Crippen molar-refractivity contribution in [3.05, 3.63) is 41.7 Å².